The second kappa shape index (κ2) is 6.63. The van der Waals surface area contributed by atoms with Crippen molar-refractivity contribution in [3.63, 3.8) is 0 Å². The van der Waals surface area contributed by atoms with Gasteiger partial charge in [0.05, 0.1) is 7.11 Å². The summed E-state index contributed by atoms with van der Waals surface area (Å²) in [5, 5.41) is 4.21. The zero-order chi connectivity index (χ0) is 13.7. The first kappa shape index (κ1) is 14.0. The molecule has 0 aliphatic rings. The quantitative estimate of drug-likeness (QED) is 0.823. The number of rotatable bonds is 6. The van der Waals surface area contributed by atoms with E-state index in [4.69, 9.17) is 4.74 Å². The summed E-state index contributed by atoms with van der Waals surface area (Å²) in [5.74, 6) is -0.106. The molecule has 0 aliphatic carbocycles. The van der Waals surface area contributed by atoms with Crippen LogP contribution < -0.4 is 10.1 Å². The number of halogens is 1. The summed E-state index contributed by atoms with van der Waals surface area (Å²) in [4.78, 5) is 5.54. The molecule has 5 heteroatoms. The standard InChI is InChI=1S/C14H17FN2OS/c1-3-6-16-8-11-9-17-14(19-11)10-4-5-12(15)13(7-10)18-2/h4-5,7,9,16H,3,6,8H2,1-2H3. The lowest BCUT2D eigenvalue weighted by Gasteiger charge is -2.03. The Bertz CT molecular complexity index is 542. The van der Waals surface area contributed by atoms with Crippen LogP contribution in [-0.2, 0) is 6.54 Å². The largest absolute Gasteiger partial charge is 0.494 e. The second-order valence-electron chi connectivity index (χ2n) is 4.16. The maximum atomic E-state index is 13.3. The van der Waals surface area contributed by atoms with Crippen LogP contribution in [0.25, 0.3) is 10.6 Å². The lowest BCUT2D eigenvalue weighted by atomic mass is 10.2. The molecule has 0 saturated carbocycles. The second-order valence-corrected chi connectivity index (χ2v) is 5.27. The molecule has 0 bridgehead atoms. The third-order valence-corrected chi connectivity index (χ3v) is 3.72. The molecule has 0 saturated heterocycles. The molecule has 0 aliphatic heterocycles. The minimum atomic E-state index is -0.354. The fourth-order valence-corrected chi connectivity index (χ4v) is 2.58. The minimum Gasteiger partial charge on any atom is -0.494 e. The highest BCUT2D eigenvalue weighted by atomic mass is 32.1. The first-order chi connectivity index (χ1) is 9.24. The maximum absolute atomic E-state index is 13.3. The highest BCUT2D eigenvalue weighted by Crippen LogP contribution is 2.29. The Labute approximate surface area is 116 Å². The van der Waals surface area contributed by atoms with Gasteiger partial charge in [-0.15, -0.1) is 11.3 Å². The van der Waals surface area contributed by atoms with Gasteiger partial charge in [0.15, 0.2) is 11.6 Å². The van der Waals surface area contributed by atoms with Crippen LogP contribution in [0.3, 0.4) is 0 Å². The van der Waals surface area contributed by atoms with Gasteiger partial charge in [-0.3, -0.25) is 0 Å². The number of hydrogen-bond acceptors (Lipinski definition) is 4. The zero-order valence-electron chi connectivity index (χ0n) is 11.1. The average molecular weight is 280 g/mol. The fraction of sp³-hybridized carbons (Fsp3) is 0.357. The normalized spacial score (nSPS) is 10.7. The number of benzene rings is 1. The highest BCUT2D eigenvalue weighted by molar-refractivity contribution is 7.15. The van der Waals surface area contributed by atoms with Crippen LogP contribution in [0.4, 0.5) is 4.39 Å². The summed E-state index contributed by atoms with van der Waals surface area (Å²) in [6, 6.07) is 4.81. The van der Waals surface area contributed by atoms with Crippen LogP contribution in [0.5, 0.6) is 5.75 Å². The molecule has 0 atom stereocenters. The van der Waals surface area contributed by atoms with Crippen molar-refractivity contribution in [1.82, 2.24) is 10.3 Å². The molecule has 2 aromatic rings. The number of nitrogens with one attached hydrogen (secondary N) is 1. The van der Waals surface area contributed by atoms with Crippen molar-refractivity contribution < 1.29 is 9.13 Å². The Hall–Kier alpha value is -1.46. The van der Waals surface area contributed by atoms with Crippen LogP contribution >= 0.6 is 11.3 Å². The molecule has 2 rings (SSSR count). The number of nitrogens with zero attached hydrogens (tertiary/aromatic N) is 1. The van der Waals surface area contributed by atoms with E-state index < -0.39 is 0 Å². The van der Waals surface area contributed by atoms with E-state index in [1.54, 1.807) is 23.5 Å². The van der Waals surface area contributed by atoms with Crippen LogP contribution in [0.2, 0.25) is 0 Å². The summed E-state index contributed by atoms with van der Waals surface area (Å²) in [6.45, 7) is 3.96. The summed E-state index contributed by atoms with van der Waals surface area (Å²) in [5.41, 5.74) is 0.880. The predicted octanol–water partition coefficient (Wildman–Crippen LogP) is 3.46. The summed E-state index contributed by atoms with van der Waals surface area (Å²) in [7, 11) is 1.46. The van der Waals surface area contributed by atoms with Crippen molar-refractivity contribution in [1.29, 1.82) is 0 Å². The van der Waals surface area contributed by atoms with Crippen LogP contribution in [0.1, 0.15) is 18.2 Å². The zero-order valence-corrected chi connectivity index (χ0v) is 11.9. The molecule has 0 spiro atoms. The molecule has 0 amide bonds. The molecule has 0 fully saturated rings. The summed E-state index contributed by atoms with van der Waals surface area (Å²) in [6.07, 6.45) is 2.97. The Balaban J connectivity index is 2.13. The summed E-state index contributed by atoms with van der Waals surface area (Å²) < 4.78 is 18.3. The van der Waals surface area contributed by atoms with E-state index in [1.165, 1.54) is 18.1 Å². The molecule has 1 aromatic carbocycles. The van der Waals surface area contributed by atoms with Gasteiger partial charge in [0.25, 0.3) is 0 Å². The van der Waals surface area contributed by atoms with Crippen molar-refractivity contribution in [3.8, 4) is 16.3 Å². The number of ether oxygens (including phenoxy) is 1. The number of methoxy groups -OCH3 is 1. The molecule has 1 heterocycles. The van der Waals surface area contributed by atoms with E-state index in [1.807, 2.05) is 6.20 Å². The van der Waals surface area contributed by atoms with Gasteiger partial charge in [0.2, 0.25) is 0 Å². The predicted molar refractivity (Wildman–Crippen MR) is 76.1 cm³/mol. The maximum Gasteiger partial charge on any atom is 0.165 e. The smallest absolute Gasteiger partial charge is 0.165 e. The first-order valence-corrected chi connectivity index (χ1v) is 7.05. The van der Waals surface area contributed by atoms with E-state index >= 15 is 0 Å². The van der Waals surface area contributed by atoms with Gasteiger partial charge in [-0.2, -0.15) is 0 Å². The number of aromatic nitrogens is 1. The van der Waals surface area contributed by atoms with Gasteiger partial charge < -0.3 is 10.1 Å². The molecule has 1 aromatic heterocycles. The molecule has 102 valence electrons. The van der Waals surface area contributed by atoms with E-state index in [9.17, 15) is 4.39 Å². The third kappa shape index (κ3) is 3.52. The number of hydrogen-bond donors (Lipinski definition) is 1. The Morgan fingerprint density at radius 1 is 1.42 bits per heavy atom. The van der Waals surface area contributed by atoms with E-state index in [0.717, 1.165) is 30.1 Å². The van der Waals surface area contributed by atoms with Gasteiger partial charge in [0.1, 0.15) is 5.01 Å². The van der Waals surface area contributed by atoms with E-state index in [2.05, 4.69) is 17.2 Å². The van der Waals surface area contributed by atoms with Crippen molar-refractivity contribution in [2.24, 2.45) is 0 Å². The van der Waals surface area contributed by atoms with E-state index in [-0.39, 0.29) is 11.6 Å². The van der Waals surface area contributed by atoms with Gasteiger partial charge in [-0.1, -0.05) is 6.92 Å². The van der Waals surface area contributed by atoms with Crippen LogP contribution in [0, 0.1) is 5.82 Å². The lowest BCUT2D eigenvalue weighted by molar-refractivity contribution is 0.387. The van der Waals surface area contributed by atoms with Gasteiger partial charge in [-0.05, 0) is 31.2 Å². The minimum absolute atomic E-state index is 0.248. The molecule has 0 radical (unpaired) electrons. The summed E-state index contributed by atoms with van der Waals surface area (Å²) >= 11 is 1.61. The van der Waals surface area contributed by atoms with Crippen LogP contribution in [-0.4, -0.2) is 18.6 Å². The Morgan fingerprint density at radius 3 is 3.00 bits per heavy atom. The lowest BCUT2D eigenvalue weighted by Crippen LogP contribution is -2.12. The molecular formula is C14H17FN2OS. The SMILES string of the molecule is CCCNCc1cnc(-c2ccc(F)c(OC)c2)s1. The average Bonchev–Trinajstić information content (AvgIpc) is 2.88. The van der Waals surface area contributed by atoms with Crippen LogP contribution in [0.15, 0.2) is 24.4 Å². The van der Waals surface area contributed by atoms with Crippen molar-refractivity contribution in [2.45, 2.75) is 19.9 Å². The van der Waals surface area contributed by atoms with E-state index in [0.29, 0.717) is 0 Å². The van der Waals surface area contributed by atoms with Gasteiger partial charge in [-0.25, -0.2) is 9.37 Å². The number of thiazole rings is 1. The molecular weight excluding hydrogens is 263 g/mol. The first-order valence-electron chi connectivity index (χ1n) is 6.24. The third-order valence-electron chi connectivity index (χ3n) is 2.68. The molecule has 3 nitrogen and oxygen atoms in total. The Kier molecular flexibility index (Phi) is 4.87. The molecule has 19 heavy (non-hydrogen) atoms. The van der Waals surface area contributed by atoms with Gasteiger partial charge >= 0.3 is 0 Å². The van der Waals surface area contributed by atoms with Crippen molar-refractivity contribution >= 4 is 11.3 Å². The van der Waals surface area contributed by atoms with Crippen molar-refractivity contribution in [3.05, 3.63) is 35.1 Å². The van der Waals surface area contributed by atoms with Crippen molar-refractivity contribution in [2.75, 3.05) is 13.7 Å². The molecule has 0 unspecified atom stereocenters. The molecule has 1 N–H and O–H groups in total. The monoisotopic (exact) mass is 280 g/mol. The Morgan fingerprint density at radius 2 is 2.26 bits per heavy atom. The topological polar surface area (TPSA) is 34.2 Å². The van der Waals surface area contributed by atoms with Gasteiger partial charge in [0, 0.05) is 23.2 Å². The fourth-order valence-electron chi connectivity index (χ4n) is 1.70. The highest BCUT2D eigenvalue weighted by Gasteiger charge is 2.08.